The number of hydrogen-bond donors (Lipinski definition) is 1. The van der Waals surface area contributed by atoms with Gasteiger partial charge in [-0.1, -0.05) is 48.5 Å². The van der Waals surface area contributed by atoms with Crippen LogP contribution in [0.25, 0.3) is 6.08 Å². The Morgan fingerprint density at radius 2 is 1.87 bits per heavy atom. The molecular formula is C25H20FIN2O2. The Balaban J connectivity index is 1.67. The van der Waals surface area contributed by atoms with Crippen LogP contribution in [0.2, 0.25) is 0 Å². The van der Waals surface area contributed by atoms with Crippen LogP contribution in [0.15, 0.2) is 78.4 Å². The number of ether oxygens (including phenoxy) is 1. The third-order valence-electron chi connectivity index (χ3n) is 4.59. The predicted octanol–water partition coefficient (Wildman–Crippen LogP) is 5.79. The number of nitrogens with one attached hydrogen (secondary N) is 1. The SMILES string of the molecule is C[C@@H](NC(=O)/C(C#N)=C\c1ccc(OCc2ccc(F)cc2)c(I)c1)c1ccccc1. The van der Waals surface area contributed by atoms with Crippen LogP contribution in [-0.2, 0) is 11.4 Å². The molecule has 3 aromatic carbocycles. The van der Waals surface area contributed by atoms with E-state index in [1.54, 1.807) is 30.3 Å². The normalized spacial score (nSPS) is 12.0. The molecule has 0 aromatic heterocycles. The largest absolute Gasteiger partial charge is 0.488 e. The first-order chi connectivity index (χ1) is 15.0. The van der Waals surface area contributed by atoms with Crippen molar-refractivity contribution in [2.45, 2.75) is 19.6 Å². The molecule has 6 heteroatoms. The Morgan fingerprint density at radius 3 is 2.52 bits per heavy atom. The number of halogens is 2. The van der Waals surface area contributed by atoms with Gasteiger partial charge in [-0.2, -0.15) is 5.26 Å². The van der Waals surface area contributed by atoms with Gasteiger partial charge < -0.3 is 10.1 Å². The second-order valence-electron chi connectivity index (χ2n) is 6.88. The van der Waals surface area contributed by atoms with E-state index in [0.717, 1.165) is 20.3 Å². The molecule has 0 saturated carbocycles. The highest BCUT2D eigenvalue weighted by molar-refractivity contribution is 14.1. The minimum Gasteiger partial charge on any atom is -0.488 e. The Bertz CT molecular complexity index is 1120. The van der Waals surface area contributed by atoms with Gasteiger partial charge in [0.1, 0.15) is 29.8 Å². The second-order valence-corrected chi connectivity index (χ2v) is 8.04. The molecule has 0 saturated heterocycles. The van der Waals surface area contributed by atoms with Crippen LogP contribution in [0.4, 0.5) is 4.39 Å². The summed E-state index contributed by atoms with van der Waals surface area (Å²) < 4.78 is 19.6. The zero-order chi connectivity index (χ0) is 22.2. The van der Waals surface area contributed by atoms with Crippen LogP contribution in [-0.4, -0.2) is 5.91 Å². The van der Waals surface area contributed by atoms with E-state index >= 15 is 0 Å². The minimum atomic E-state index is -0.425. The molecule has 31 heavy (non-hydrogen) atoms. The van der Waals surface area contributed by atoms with Gasteiger partial charge in [0.05, 0.1) is 9.61 Å². The Morgan fingerprint density at radius 1 is 1.16 bits per heavy atom. The van der Waals surface area contributed by atoms with Crippen molar-refractivity contribution >= 4 is 34.6 Å². The summed E-state index contributed by atoms with van der Waals surface area (Å²) in [6, 6.07) is 22.9. The number of nitriles is 1. The number of amides is 1. The third-order valence-corrected chi connectivity index (χ3v) is 5.43. The summed E-state index contributed by atoms with van der Waals surface area (Å²) in [5, 5.41) is 12.3. The first-order valence-corrected chi connectivity index (χ1v) is 10.7. The van der Waals surface area contributed by atoms with E-state index < -0.39 is 5.91 Å². The van der Waals surface area contributed by atoms with Crippen LogP contribution < -0.4 is 10.1 Å². The van der Waals surface area contributed by atoms with Gasteiger partial charge in [0.15, 0.2) is 0 Å². The van der Waals surface area contributed by atoms with Crippen molar-refractivity contribution in [1.29, 1.82) is 5.26 Å². The Labute approximate surface area is 194 Å². The fourth-order valence-corrected chi connectivity index (χ4v) is 3.58. The summed E-state index contributed by atoms with van der Waals surface area (Å²) in [6.45, 7) is 2.19. The molecular weight excluding hydrogens is 506 g/mol. The summed E-state index contributed by atoms with van der Waals surface area (Å²) in [6.07, 6.45) is 1.55. The molecule has 0 heterocycles. The second kappa shape index (κ2) is 10.7. The molecule has 0 unspecified atom stereocenters. The molecule has 1 amide bonds. The summed E-state index contributed by atoms with van der Waals surface area (Å²) >= 11 is 2.14. The highest BCUT2D eigenvalue weighted by atomic mass is 127. The third kappa shape index (κ3) is 6.40. The fourth-order valence-electron chi connectivity index (χ4n) is 2.88. The molecule has 0 bridgehead atoms. The molecule has 4 nitrogen and oxygen atoms in total. The summed E-state index contributed by atoms with van der Waals surface area (Å²) in [5.74, 6) is -0.0433. The number of carbonyl (C=O) groups excluding carboxylic acids is 1. The van der Waals surface area contributed by atoms with Crippen LogP contribution in [0.3, 0.4) is 0 Å². The van der Waals surface area contributed by atoms with Crippen molar-refractivity contribution in [3.63, 3.8) is 0 Å². The molecule has 156 valence electrons. The molecule has 3 aromatic rings. The van der Waals surface area contributed by atoms with Crippen molar-refractivity contribution in [3.8, 4) is 11.8 Å². The van der Waals surface area contributed by atoms with E-state index in [2.05, 4.69) is 27.9 Å². The molecule has 0 aliphatic rings. The van der Waals surface area contributed by atoms with Crippen LogP contribution in [0.5, 0.6) is 5.75 Å². The van der Waals surface area contributed by atoms with Gasteiger partial charge in [-0.05, 0) is 76.5 Å². The van der Waals surface area contributed by atoms with E-state index in [4.69, 9.17) is 4.74 Å². The smallest absolute Gasteiger partial charge is 0.262 e. The monoisotopic (exact) mass is 526 g/mol. The maximum atomic E-state index is 13.0. The lowest BCUT2D eigenvalue weighted by molar-refractivity contribution is -0.117. The van der Waals surface area contributed by atoms with E-state index in [1.165, 1.54) is 12.1 Å². The van der Waals surface area contributed by atoms with Gasteiger partial charge in [-0.25, -0.2) is 4.39 Å². The first-order valence-electron chi connectivity index (χ1n) is 9.60. The lowest BCUT2D eigenvalue weighted by Gasteiger charge is -2.14. The summed E-state index contributed by atoms with van der Waals surface area (Å²) in [4.78, 5) is 12.5. The van der Waals surface area contributed by atoms with Gasteiger partial charge in [0, 0.05) is 0 Å². The molecule has 0 radical (unpaired) electrons. The zero-order valence-corrected chi connectivity index (χ0v) is 19.0. The van der Waals surface area contributed by atoms with Gasteiger partial charge >= 0.3 is 0 Å². The van der Waals surface area contributed by atoms with Crippen LogP contribution >= 0.6 is 22.6 Å². The van der Waals surface area contributed by atoms with Crippen molar-refractivity contribution in [1.82, 2.24) is 5.32 Å². The van der Waals surface area contributed by atoms with Crippen molar-refractivity contribution < 1.29 is 13.9 Å². The van der Waals surface area contributed by atoms with E-state index in [1.807, 2.05) is 49.4 Å². The molecule has 1 atom stereocenters. The number of hydrogen-bond acceptors (Lipinski definition) is 3. The summed E-state index contributed by atoms with van der Waals surface area (Å²) in [7, 11) is 0. The minimum absolute atomic E-state index is 0.0264. The molecule has 0 aliphatic carbocycles. The Hall–Kier alpha value is -3.18. The van der Waals surface area contributed by atoms with Crippen molar-refractivity contribution in [2.75, 3.05) is 0 Å². The fraction of sp³-hybridized carbons (Fsp3) is 0.120. The maximum absolute atomic E-state index is 13.0. The van der Waals surface area contributed by atoms with Crippen molar-refractivity contribution in [2.24, 2.45) is 0 Å². The topological polar surface area (TPSA) is 62.1 Å². The maximum Gasteiger partial charge on any atom is 0.262 e. The quantitative estimate of drug-likeness (QED) is 0.241. The van der Waals surface area contributed by atoms with E-state index in [-0.39, 0.29) is 17.4 Å². The number of rotatable bonds is 7. The standard InChI is InChI=1S/C25H20FIN2O2/c1-17(20-5-3-2-4-6-20)29-25(30)21(15-28)13-19-9-12-24(23(27)14-19)31-16-18-7-10-22(26)11-8-18/h2-14,17H,16H2,1H3,(H,29,30)/b21-13-/t17-/m1/s1. The highest BCUT2D eigenvalue weighted by Crippen LogP contribution is 2.24. The lowest BCUT2D eigenvalue weighted by Crippen LogP contribution is -2.27. The van der Waals surface area contributed by atoms with E-state index in [9.17, 15) is 14.4 Å². The molecule has 1 N–H and O–H groups in total. The average Bonchev–Trinajstić information content (AvgIpc) is 2.78. The number of carbonyl (C=O) groups is 1. The van der Waals surface area contributed by atoms with Crippen molar-refractivity contribution in [3.05, 3.63) is 104 Å². The molecule has 0 fully saturated rings. The average molecular weight is 526 g/mol. The lowest BCUT2D eigenvalue weighted by atomic mass is 10.1. The highest BCUT2D eigenvalue weighted by Gasteiger charge is 2.14. The summed E-state index contributed by atoms with van der Waals surface area (Å²) in [5.41, 5.74) is 2.57. The Kier molecular flexibility index (Phi) is 7.79. The molecule has 0 spiro atoms. The number of nitrogens with zero attached hydrogens (tertiary/aromatic N) is 1. The van der Waals surface area contributed by atoms with Crippen LogP contribution in [0.1, 0.15) is 29.7 Å². The molecule has 0 aliphatic heterocycles. The number of benzene rings is 3. The van der Waals surface area contributed by atoms with Gasteiger partial charge in [-0.15, -0.1) is 0 Å². The molecule has 3 rings (SSSR count). The first kappa shape index (κ1) is 22.5. The van der Waals surface area contributed by atoms with Gasteiger partial charge in [0.25, 0.3) is 5.91 Å². The zero-order valence-electron chi connectivity index (χ0n) is 16.8. The van der Waals surface area contributed by atoms with Gasteiger partial charge in [-0.3, -0.25) is 4.79 Å². The van der Waals surface area contributed by atoms with Crippen LogP contribution in [0, 0.1) is 20.7 Å². The predicted molar refractivity (Wildman–Crippen MR) is 126 cm³/mol. The van der Waals surface area contributed by atoms with Gasteiger partial charge in [0.2, 0.25) is 0 Å². The van der Waals surface area contributed by atoms with E-state index in [0.29, 0.717) is 12.4 Å².